The van der Waals surface area contributed by atoms with Crippen molar-refractivity contribution in [1.29, 1.82) is 0 Å². The number of nitro benzene ring substituents is 1. The van der Waals surface area contributed by atoms with Crippen LogP contribution in [0, 0.1) is 10.1 Å². The summed E-state index contributed by atoms with van der Waals surface area (Å²) in [5.74, 6) is 0.266. The van der Waals surface area contributed by atoms with Crippen LogP contribution in [0.5, 0.6) is 0 Å². The van der Waals surface area contributed by atoms with Gasteiger partial charge in [0, 0.05) is 22.2 Å². The van der Waals surface area contributed by atoms with Crippen LogP contribution in [0.1, 0.15) is 11.1 Å². The lowest BCUT2D eigenvalue weighted by Crippen LogP contribution is -2.32. The molecule has 0 atom stereocenters. The largest absolute Gasteiger partial charge is 0.282 e. The number of halogens is 1. The van der Waals surface area contributed by atoms with Gasteiger partial charge in [-0.25, -0.2) is 4.99 Å². The molecule has 0 fully saturated rings. The molecule has 0 unspecified atom stereocenters. The van der Waals surface area contributed by atoms with Gasteiger partial charge in [-0.1, -0.05) is 52.3 Å². The Morgan fingerprint density at radius 2 is 1.69 bits per heavy atom. The minimum Gasteiger partial charge on any atom is -0.266 e. The van der Waals surface area contributed by atoms with Gasteiger partial charge in [0.15, 0.2) is 0 Å². The van der Waals surface area contributed by atoms with Gasteiger partial charge in [0.05, 0.1) is 10.6 Å². The van der Waals surface area contributed by atoms with E-state index in [1.807, 2.05) is 54.6 Å². The number of anilines is 1. The van der Waals surface area contributed by atoms with E-state index in [2.05, 4.69) is 20.9 Å². The van der Waals surface area contributed by atoms with Crippen molar-refractivity contribution in [3.05, 3.63) is 110 Å². The van der Waals surface area contributed by atoms with E-state index >= 15 is 0 Å². The van der Waals surface area contributed by atoms with Gasteiger partial charge in [0.25, 0.3) is 11.6 Å². The smallest absolute Gasteiger partial charge is 0.266 e. The van der Waals surface area contributed by atoms with Gasteiger partial charge < -0.3 is 0 Å². The van der Waals surface area contributed by atoms with Gasteiger partial charge in [0.1, 0.15) is 11.5 Å². The molecule has 3 aromatic carbocycles. The van der Waals surface area contributed by atoms with E-state index in [1.165, 1.54) is 12.1 Å². The van der Waals surface area contributed by atoms with Crippen molar-refractivity contribution in [2.75, 3.05) is 4.90 Å². The van der Waals surface area contributed by atoms with Crippen molar-refractivity contribution < 1.29 is 9.72 Å². The number of rotatable bonds is 4. The molecule has 1 amide bonds. The molecule has 0 saturated heterocycles. The molecule has 1 aliphatic rings. The Hall–Kier alpha value is -3.58. The van der Waals surface area contributed by atoms with Crippen LogP contribution in [0.3, 0.4) is 0 Å². The summed E-state index contributed by atoms with van der Waals surface area (Å²) < 4.78 is 0.850. The highest BCUT2D eigenvalue weighted by Gasteiger charge is 2.32. The summed E-state index contributed by atoms with van der Waals surface area (Å²) in [6, 6.07) is 22.9. The maximum atomic E-state index is 13.2. The fraction of sp³-hybridized carbons (Fsp3) is 0. The molecule has 1 aliphatic heterocycles. The average Bonchev–Trinajstić information content (AvgIpc) is 3.05. The third kappa shape index (κ3) is 3.86. The molecule has 0 saturated carbocycles. The number of carbonyl (C=O) groups is 1. The highest BCUT2D eigenvalue weighted by molar-refractivity contribution is 9.10. The van der Waals surface area contributed by atoms with Gasteiger partial charge in [-0.15, -0.1) is 0 Å². The normalized spacial score (nSPS) is 14.9. The summed E-state index contributed by atoms with van der Waals surface area (Å²) in [6.07, 6.45) is 1.63. The molecule has 4 rings (SSSR count). The van der Waals surface area contributed by atoms with Crippen molar-refractivity contribution in [3.63, 3.8) is 0 Å². The van der Waals surface area contributed by atoms with Crippen LogP contribution in [0.4, 0.5) is 11.4 Å². The van der Waals surface area contributed by atoms with Crippen molar-refractivity contribution in [3.8, 4) is 0 Å². The maximum absolute atomic E-state index is 13.2. The molecule has 3 aromatic rings. The van der Waals surface area contributed by atoms with Crippen molar-refractivity contribution in [1.82, 2.24) is 0 Å². The third-order valence-corrected chi connectivity index (χ3v) is 4.86. The molecule has 7 heteroatoms. The van der Waals surface area contributed by atoms with E-state index in [1.54, 1.807) is 23.1 Å². The Labute approximate surface area is 175 Å². The summed E-state index contributed by atoms with van der Waals surface area (Å²) in [4.78, 5) is 29.7. The van der Waals surface area contributed by atoms with Gasteiger partial charge in [-0.3, -0.25) is 19.8 Å². The first-order chi connectivity index (χ1) is 14.0. The van der Waals surface area contributed by atoms with Crippen LogP contribution in [0.25, 0.3) is 6.08 Å². The fourth-order valence-electron chi connectivity index (χ4n) is 3.00. The lowest BCUT2D eigenvalue weighted by atomic mass is 10.1. The molecule has 0 aliphatic carbocycles. The molecule has 0 bridgehead atoms. The summed E-state index contributed by atoms with van der Waals surface area (Å²) in [7, 11) is 0. The first-order valence-electron chi connectivity index (χ1n) is 8.73. The van der Waals surface area contributed by atoms with Crippen molar-refractivity contribution in [2.45, 2.75) is 0 Å². The number of aliphatic imine (C=N–C) groups is 1. The van der Waals surface area contributed by atoms with Crippen LogP contribution >= 0.6 is 15.9 Å². The number of carbonyl (C=O) groups excluding carboxylic acids is 1. The predicted molar refractivity (Wildman–Crippen MR) is 116 cm³/mol. The number of amidine groups is 1. The van der Waals surface area contributed by atoms with E-state index in [0.29, 0.717) is 17.1 Å². The van der Waals surface area contributed by atoms with Crippen molar-refractivity contribution in [2.24, 2.45) is 4.99 Å². The van der Waals surface area contributed by atoms with Crippen LogP contribution < -0.4 is 4.90 Å². The molecule has 0 aromatic heterocycles. The SMILES string of the molecule is O=C1/C(=C\c2ccc([N+](=O)[O-])cc2)N=C(c2ccccc2)N1c1cccc(Br)c1. The average molecular weight is 448 g/mol. The van der Waals surface area contributed by atoms with Crippen LogP contribution in [-0.2, 0) is 4.79 Å². The Morgan fingerprint density at radius 3 is 2.34 bits per heavy atom. The summed E-state index contributed by atoms with van der Waals surface area (Å²) >= 11 is 3.45. The Kier molecular flexibility index (Phi) is 5.05. The minimum atomic E-state index is -0.460. The lowest BCUT2D eigenvalue weighted by molar-refractivity contribution is -0.384. The van der Waals surface area contributed by atoms with E-state index in [4.69, 9.17) is 0 Å². The Bertz CT molecular complexity index is 1160. The molecule has 6 nitrogen and oxygen atoms in total. The van der Waals surface area contributed by atoms with E-state index in [-0.39, 0.29) is 17.3 Å². The van der Waals surface area contributed by atoms with Crippen LogP contribution in [0.15, 0.2) is 94.0 Å². The van der Waals surface area contributed by atoms with Crippen molar-refractivity contribution >= 4 is 45.1 Å². The molecule has 142 valence electrons. The fourth-order valence-corrected chi connectivity index (χ4v) is 3.39. The zero-order valence-corrected chi connectivity index (χ0v) is 16.6. The summed E-state index contributed by atoms with van der Waals surface area (Å²) in [6.45, 7) is 0. The monoisotopic (exact) mass is 447 g/mol. The quantitative estimate of drug-likeness (QED) is 0.313. The first-order valence-corrected chi connectivity index (χ1v) is 9.52. The van der Waals surface area contributed by atoms with E-state index in [0.717, 1.165) is 10.0 Å². The second-order valence-electron chi connectivity index (χ2n) is 6.30. The number of hydrogen-bond acceptors (Lipinski definition) is 4. The molecule has 0 spiro atoms. The van der Waals surface area contributed by atoms with Gasteiger partial charge in [-0.2, -0.15) is 0 Å². The standard InChI is InChI=1S/C22H14BrN3O3/c23-17-7-4-8-19(14-17)25-21(16-5-2-1-3-6-16)24-20(22(25)27)13-15-9-11-18(12-10-15)26(28)29/h1-14H/b20-13+. The number of benzene rings is 3. The third-order valence-electron chi connectivity index (χ3n) is 4.37. The second-order valence-corrected chi connectivity index (χ2v) is 7.22. The second kappa shape index (κ2) is 7.81. The Morgan fingerprint density at radius 1 is 0.966 bits per heavy atom. The molecular formula is C22H14BrN3O3. The summed E-state index contributed by atoms with van der Waals surface area (Å²) in [5.41, 5.74) is 2.42. The predicted octanol–water partition coefficient (Wildman–Crippen LogP) is 5.19. The minimum absolute atomic E-state index is 0.00543. The van der Waals surface area contributed by atoms with Gasteiger partial charge in [0.2, 0.25) is 0 Å². The first kappa shape index (κ1) is 18.8. The summed E-state index contributed by atoms with van der Waals surface area (Å²) in [5, 5.41) is 10.8. The zero-order chi connectivity index (χ0) is 20.4. The number of non-ortho nitro benzene ring substituents is 1. The van der Waals surface area contributed by atoms with Crippen LogP contribution in [0.2, 0.25) is 0 Å². The molecular weight excluding hydrogens is 434 g/mol. The van der Waals surface area contributed by atoms with Crippen LogP contribution in [-0.4, -0.2) is 16.7 Å². The topological polar surface area (TPSA) is 75.8 Å². The molecule has 29 heavy (non-hydrogen) atoms. The Balaban J connectivity index is 1.78. The number of amides is 1. The highest BCUT2D eigenvalue weighted by Crippen LogP contribution is 2.29. The van der Waals surface area contributed by atoms with E-state index in [9.17, 15) is 14.9 Å². The van der Waals surface area contributed by atoms with Gasteiger partial charge >= 0.3 is 0 Å². The number of hydrogen-bond donors (Lipinski definition) is 0. The number of nitrogens with zero attached hydrogens (tertiary/aromatic N) is 3. The lowest BCUT2D eigenvalue weighted by Gasteiger charge is -2.18. The molecule has 0 N–H and O–H groups in total. The molecule has 0 radical (unpaired) electrons. The van der Waals surface area contributed by atoms with E-state index < -0.39 is 4.92 Å². The number of nitro groups is 1. The maximum Gasteiger partial charge on any atom is 0.282 e. The van der Waals surface area contributed by atoms with Gasteiger partial charge in [-0.05, 0) is 42.0 Å². The molecule has 1 heterocycles. The zero-order valence-electron chi connectivity index (χ0n) is 15.0. The highest BCUT2D eigenvalue weighted by atomic mass is 79.9.